The number of hydrogen-bond donors (Lipinski definition) is 1. The van der Waals surface area contributed by atoms with E-state index in [0.29, 0.717) is 6.54 Å². The van der Waals surface area contributed by atoms with E-state index in [-0.39, 0.29) is 11.4 Å². The summed E-state index contributed by atoms with van der Waals surface area (Å²) in [5.41, 5.74) is 0.0699. The minimum Gasteiger partial charge on any atom is -0.348 e. The molecule has 0 aliphatic carbocycles. The van der Waals surface area contributed by atoms with Gasteiger partial charge in [-0.15, -0.1) is 0 Å². The molecule has 0 radical (unpaired) electrons. The van der Waals surface area contributed by atoms with Crippen molar-refractivity contribution in [2.24, 2.45) is 0 Å². The molecular formula is C10H22N2O. The molecule has 0 fully saturated rings. The maximum absolute atomic E-state index is 11.3. The van der Waals surface area contributed by atoms with E-state index in [4.69, 9.17) is 0 Å². The van der Waals surface area contributed by atoms with E-state index >= 15 is 0 Å². The zero-order valence-corrected chi connectivity index (χ0v) is 9.48. The summed E-state index contributed by atoms with van der Waals surface area (Å²) in [7, 11) is 3.55. The highest BCUT2D eigenvalue weighted by molar-refractivity contribution is 5.77. The van der Waals surface area contributed by atoms with Crippen molar-refractivity contribution in [2.45, 2.75) is 39.2 Å². The van der Waals surface area contributed by atoms with E-state index in [1.165, 1.54) is 0 Å². The number of rotatable bonds is 5. The van der Waals surface area contributed by atoms with Gasteiger partial charge < -0.3 is 10.2 Å². The molecule has 78 valence electrons. The molecule has 0 saturated heterocycles. The number of carbonyl (C=O) groups excluding carboxylic acids is 1. The highest BCUT2D eigenvalue weighted by atomic mass is 16.2. The van der Waals surface area contributed by atoms with Crippen LogP contribution in [0.15, 0.2) is 0 Å². The molecular weight excluding hydrogens is 164 g/mol. The van der Waals surface area contributed by atoms with Crippen LogP contribution in [-0.2, 0) is 4.79 Å². The number of nitrogens with zero attached hydrogens (tertiary/aromatic N) is 1. The van der Waals surface area contributed by atoms with Gasteiger partial charge >= 0.3 is 0 Å². The summed E-state index contributed by atoms with van der Waals surface area (Å²) in [5.74, 6) is 0.129. The molecule has 0 rings (SSSR count). The number of hydrogen-bond acceptors (Lipinski definition) is 2. The third-order valence-corrected chi connectivity index (χ3v) is 2.09. The zero-order chi connectivity index (χ0) is 10.5. The summed E-state index contributed by atoms with van der Waals surface area (Å²) in [5, 5.41) is 3.25. The first-order valence-electron chi connectivity index (χ1n) is 4.84. The van der Waals surface area contributed by atoms with Crippen LogP contribution >= 0.6 is 0 Å². The largest absolute Gasteiger partial charge is 0.348 e. The fraction of sp³-hybridized carbons (Fsp3) is 0.900. The minimum atomic E-state index is 0.0699. The second-order valence-corrected chi connectivity index (χ2v) is 4.28. The van der Waals surface area contributed by atoms with Crippen molar-refractivity contribution in [3.8, 4) is 0 Å². The Hall–Kier alpha value is -0.570. The van der Waals surface area contributed by atoms with Gasteiger partial charge in [0.15, 0.2) is 0 Å². The summed E-state index contributed by atoms with van der Waals surface area (Å²) in [6.07, 6.45) is 2.23. The molecule has 0 saturated carbocycles. The van der Waals surface area contributed by atoms with Gasteiger partial charge in [0.05, 0.1) is 6.54 Å². The lowest BCUT2D eigenvalue weighted by atomic mass is 9.99. The van der Waals surface area contributed by atoms with Crippen molar-refractivity contribution in [1.82, 2.24) is 10.2 Å². The third kappa shape index (κ3) is 5.64. The third-order valence-electron chi connectivity index (χ3n) is 2.09. The normalized spacial score (nSPS) is 11.5. The van der Waals surface area contributed by atoms with Gasteiger partial charge in [0, 0.05) is 19.6 Å². The Morgan fingerprint density at radius 3 is 2.31 bits per heavy atom. The number of amides is 1. The van der Waals surface area contributed by atoms with Gasteiger partial charge in [-0.2, -0.15) is 0 Å². The first-order chi connectivity index (χ1) is 5.89. The van der Waals surface area contributed by atoms with E-state index < -0.39 is 0 Å². The van der Waals surface area contributed by atoms with Gasteiger partial charge in [0.2, 0.25) is 5.91 Å². The summed E-state index contributed by atoms with van der Waals surface area (Å²) in [4.78, 5) is 12.9. The molecule has 0 aromatic heterocycles. The van der Waals surface area contributed by atoms with Gasteiger partial charge in [-0.25, -0.2) is 0 Å². The molecule has 0 aromatic carbocycles. The van der Waals surface area contributed by atoms with E-state index in [1.54, 1.807) is 19.0 Å². The lowest BCUT2D eigenvalue weighted by Crippen LogP contribution is -2.44. The predicted octanol–water partition coefficient (Wildman–Crippen LogP) is 1.24. The summed E-state index contributed by atoms with van der Waals surface area (Å²) in [6.45, 7) is 6.83. The fourth-order valence-corrected chi connectivity index (χ4v) is 1.19. The van der Waals surface area contributed by atoms with Crippen LogP contribution in [0.1, 0.15) is 33.6 Å². The fourth-order valence-electron chi connectivity index (χ4n) is 1.19. The van der Waals surface area contributed by atoms with Gasteiger partial charge in [0.1, 0.15) is 0 Å². The second-order valence-electron chi connectivity index (χ2n) is 4.28. The van der Waals surface area contributed by atoms with Crippen molar-refractivity contribution in [3.05, 3.63) is 0 Å². The van der Waals surface area contributed by atoms with Crippen molar-refractivity contribution < 1.29 is 4.79 Å². The molecule has 0 atom stereocenters. The zero-order valence-electron chi connectivity index (χ0n) is 9.48. The number of carbonyl (C=O) groups is 1. The molecule has 1 N–H and O–H groups in total. The average Bonchev–Trinajstić information content (AvgIpc) is 2.00. The lowest BCUT2D eigenvalue weighted by molar-refractivity contribution is -0.128. The average molecular weight is 186 g/mol. The van der Waals surface area contributed by atoms with Crippen LogP contribution in [0, 0.1) is 0 Å². The smallest absolute Gasteiger partial charge is 0.236 e. The summed E-state index contributed by atoms with van der Waals surface area (Å²) >= 11 is 0. The van der Waals surface area contributed by atoms with Gasteiger partial charge in [-0.05, 0) is 20.3 Å². The Labute approximate surface area is 81.5 Å². The Morgan fingerprint density at radius 1 is 1.38 bits per heavy atom. The summed E-state index contributed by atoms with van der Waals surface area (Å²) in [6, 6.07) is 0. The standard InChI is InChI=1S/C10H22N2O/c1-6-7-10(2,3)11-8-9(13)12(4)5/h11H,6-8H2,1-5H3. The van der Waals surface area contributed by atoms with Gasteiger partial charge in [-0.3, -0.25) is 4.79 Å². The highest BCUT2D eigenvalue weighted by Crippen LogP contribution is 2.09. The SMILES string of the molecule is CCCC(C)(C)NCC(=O)N(C)C. The Bertz CT molecular complexity index is 164. The van der Waals surface area contributed by atoms with E-state index in [9.17, 15) is 4.79 Å². The Balaban J connectivity index is 3.80. The monoisotopic (exact) mass is 186 g/mol. The maximum atomic E-state index is 11.3. The first-order valence-corrected chi connectivity index (χ1v) is 4.84. The molecule has 0 aliphatic heterocycles. The van der Waals surface area contributed by atoms with E-state index in [0.717, 1.165) is 12.8 Å². The minimum absolute atomic E-state index is 0.0699. The van der Waals surface area contributed by atoms with Crippen LogP contribution in [0.2, 0.25) is 0 Å². The Morgan fingerprint density at radius 2 is 1.92 bits per heavy atom. The second kappa shape index (κ2) is 5.22. The van der Waals surface area contributed by atoms with E-state index in [1.807, 2.05) is 0 Å². The topological polar surface area (TPSA) is 32.3 Å². The van der Waals surface area contributed by atoms with Crippen molar-refractivity contribution >= 4 is 5.91 Å². The molecule has 0 bridgehead atoms. The molecule has 3 nitrogen and oxygen atoms in total. The van der Waals surface area contributed by atoms with Gasteiger partial charge in [-0.1, -0.05) is 13.3 Å². The molecule has 13 heavy (non-hydrogen) atoms. The molecule has 1 amide bonds. The van der Waals surface area contributed by atoms with Crippen LogP contribution in [0.3, 0.4) is 0 Å². The molecule has 3 heteroatoms. The summed E-state index contributed by atoms with van der Waals surface area (Å²) < 4.78 is 0. The quantitative estimate of drug-likeness (QED) is 0.700. The molecule has 0 aliphatic rings. The van der Waals surface area contributed by atoms with Gasteiger partial charge in [0.25, 0.3) is 0 Å². The molecule has 0 spiro atoms. The van der Waals surface area contributed by atoms with E-state index in [2.05, 4.69) is 26.1 Å². The highest BCUT2D eigenvalue weighted by Gasteiger charge is 2.17. The predicted molar refractivity (Wildman–Crippen MR) is 55.7 cm³/mol. The van der Waals surface area contributed by atoms with Crippen LogP contribution in [0.5, 0.6) is 0 Å². The van der Waals surface area contributed by atoms with Crippen LogP contribution in [0.25, 0.3) is 0 Å². The molecule has 0 aromatic rings. The van der Waals surface area contributed by atoms with Crippen molar-refractivity contribution in [3.63, 3.8) is 0 Å². The number of likely N-dealkylation sites (N-methyl/N-ethyl adjacent to an activating group) is 1. The molecule has 0 unspecified atom stereocenters. The maximum Gasteiger partial charge on any atom is 0.236 e. The van der Waals surface area contributed by atoms with Crippen LogP contribution in [0.4, 0.5) is 0 Å². The van der Waals surface area contributed by atoms with Crippen LogP contribution in [-0.4, -0.2) is 37.0 Å². The van der Waals surface area contributed by atoms with Crippen molar-refractivity contribution in [1.29, 1.82) is 0 Å². The first kappa shape index (κ1) is 12.4. The van der Waals surface area contributed by atoms with Crippen LogP contribution < -0.4 is 5.32 Å². The van der Waals surface area contributed by atoms with Crippen molar-refractivity contribution in [2.75, 3.05) is 20.6 Å². The lowest BCUT2D eigenvalue weighted by Gasteiger charge is -2.26. The Kier molecular flexibility index (Phi) is 4.99. The molecule has 0 heterocycles. The number of nitrogens with one attached hydrogen (secondary N) is 1.